The molecule has 4 heteroatoms. The first kappa shape index (κ1) is 12.2. The lowest BCUT2D eigenvalue weighted by Gasteiger charge is -2.15. The molecule has 0 aliphatic carbocycles. The van der Waals surface area contributed by atoms with Gasteiger partial charge in [0.25, 0.3) is 0 Å². The van der Waals surface area contributed by atoms with Gasteiger partial charge < -0.3 is 9.84 Å². The summed E-state index contributed by atoms with van der Waals surface area (Å²) < 4.78 is 4.98. The van der Waals surface area contributed by atoms with E-state index in [1.165, 1.54) is 0 Å². The van der Waals surface area contributed by atoms with Crippen molar-refractivity contribution in [2.24, 2.45) is 0 Å². The number of aliphatic hydroxyl groups is 1. The van der Waals surface area contributed by atoms with Gasteiger partial charge in [0.1, 0.15) is 0 Å². The summed E-state index contributed by atoms with van der Waals surface area (Å²) in [5, 5.41) is 8.83. The van der Waals surface area contributed by atoms with Gasteiger partial charge in [-0.1, -0.05) is 0 Å². The van der Waals surface area contributed by atoms with Gasteiger partial charge in [0.05, 0.1) is 6.10 Å². The topological polar surface area (TPSA) is 29.5 Å². The number of halogens is 2. The maximum absolute atomic E-state index is 8.83. The van der Waals surface area contributed by atoms with E-state index in [4.69, 9.17) is 9.84 Å². The van der Waals surface area contributed by atoms with Gasteiger partial charge in [0.2, 0.25) is 0 Å². The highest BCUT2D eigenvalue weighted by molar-refractivity contribution is 5.85. The molecule has 1 heterocycles. The third-order valence-corrected chi connectivity index (χ3v) is 1.19. The number of rotatable bonds is 0. The molecular weight excluding hydrogens is 163 g/mol. The zero-order chi connectivity index (χ0) is 5.11. The predicted octanol–water partition coefficient (Wildman–Crippen LogP) is 1.00. The molecule has 0 saturated carbocycles. The molecule has 0 spiro atoms. The lowest BCUT2D eigenvalue weighted by Crippen LogP contribution is -2.19. The molecule has 2 nitrogen and oxygen atoms in total. The molecule has 1 aliphatic rings. The summed E-state index contributed by atoms with van der Waals surface area (Å²) in [6, 6.07) is 0. The Morgan fingerprint density at radius 3 is 1.78 bits per heavy atom. The van der Waals surface area contributed by atoms with Crippen molar-refractivity contribution in [2.45, 2.75) is 18.9 Å². The standard InChI is InChI=1S/C5H10O2.2ClH/c6-5-1-3-7-4-2-5;;/h5-6H,1-4H2;2*1H. The average Bonchev–Trinajstić information content (AvgIpc) is 1.69. The molecule has 0 bridgehead atoms. The number of aliphatic hydroxyl groups excluding tert-OH is 1. The predicted molar refractivity (Wildman–Crippen MR) is 40.6 cm³/mol. The van der Waals surface area contributed by atoms with Crippen molar-refractivity contribution in [2.75, 3.05) is 13.2 Å². The second-order valence-electron chi connectivity index (χ2n) is 1.84. The molecule has 1 rings (SSSR count). The fraction of sp³-hybridized carbons (Fsp3) is 1.00. The minimum atomic E-state index is -0.0891. The molecule has 0 unspecified atom stereocenters. The minimum absolute atomic E-state index is 0. The van der Waals surface area contributed by atoms with Crippen LogP contribution < -0.4 is 0 Å². The van der Waals surface area contributed by atoms with E-state index in [2.05, 4.69) is 0 Å². The lowest BCUT2D eigenvalue weighted by atomic mass is 10.2. The third kappa shape index (κ3) is 4.97. The van der Waals surface area contributed by atoms with E-state index in [9.17, 15) is 0 Å². The maximum Gasteiger partial charge on any atom is 0.0584 e. The van der Waals surface area contributed by atoms with E-state index in [-0.39, 0.29) is 30.9 Å². The third-order valence-electron chi connectivity index (χ3n) is 1.19. The average molecular weight is 175 g/mol. The first-order valence-corrected chi connectivity index (χ1v) is 2.65. The van der Waals surface area contributed by atoms with Gasteiger partial charge in [-0.25, -0.2) is 0 Å². The highest BCUT2D eigenvalue weighted by Gasteiger charge is 2.07. The zero-order valence-electron chi connectivity index (χ0n) is 5.08. The van der Waals surface area contributed by atoms with Crippen LogP contribution in [-0.2, 0) is 4.74 Å². The summed E-state index contributed by atoms with van der Waals surface area (Å²) in [6.07, 6.45) is 1.55. The Hall–Kier alpha value is 0.500. The fourth-order valence-corrected chi connectivity index (χ4v) is 0.685. The molecule has 1 saturated heterocycles. The van der Waals surface area contributed by atoms with Crippen molar-refractivity contribution in [1.29, 1.82) is 0 Å². The van der Waals surface area contributed by atoms with Gasteiger partial charge in [-0.2, -0.15) is 0 Å². The highest BCUT2D eigenvalue weighted by Crippen LogP contribution is 2.04. The molecule has 0 radical (unpaired) electrons. The van der Waals surface area contributed by atoms with Crippen LogP contribution in [0.1, 0.15) is 12.8 Å². The number of ether oxygens (including phenoxy) is 1. The molecule has 1 aliphatic heterocycles. The van der Waals surface area contributed by atoms with Crippen molar-refractivity contribution in [3.05, 3.63) is 0 Å². The van der Waals surface area contributed by atoms with Gasteiger partial charge in [-0.05, 0) is 12.8 Å². The molecule has 0 aromatic heterocycles. The first-order valence-electron chi connectivity index (χ1n) is 2.65. The maximum atomic E-state index is 8.83. The smallest absolute Gasteiger partial charge is 0.0584 e. The van der Waals surface area contributed by atoms with Crippen LogP contribution in [0, 0.1) is 0 Å². The number of hydrogen-bond acceptors (Lipinski definition) is 2. The molecule has 58 valence electrons. The van der Waals surface area contributed by atoms with E-state index in [0.717, 1.165) is 26.1 Å². The van der Waals surface area contributed by atoms with Crippen LogP contribution in [0.15, 0.2) is 0 Å². The summed E-state index contributed by atoms with van der Waals surface area (Å²) in [4.78, 5) is 0. The monoisotopic (exact) mass is 174 g/mol. The Balaban J connectivity index is 0. The Labute approximate surface area is 67.4 Å². The van der Waals surface area contributed by atoms with Crippen LogP contribution in [0.3, 0.4) is 0 Å². The largest absolute Gasteiger partial charge is 0.393 e. The van der Waals surface area contributed by atoms with Crippen molar-refractivity contribution in [3.63, 3.8) is 0 Å². The number of hydrogen-bond donors (Lipinski definition) is 1. The fourth-order valence-electron chi connectivity index (χ4n) is 0.685. The Morgan fingerprint density at radius 2 is 1.56 bits per heavy atom. The van der Waals surface area contributed by atoms with E-state index >= 15 is 0 Å². The Kier molecular flexibility index (Phi) is 8.97. The molecule has 1 fully saturated rings. The van der Waals surface area contributed by atoms with Crippen molar-refractivity contribution in [1.82, 2.24) is 0 Å². The highest BCUT2D eigenvalue weighted by atomic mass is 35.5. The van der Waals surface area contributed by atoms with Gasteiger partial charge >= 0.3 is 0 Å². The molecule has 0 aromatic carbocycles. The van der Waals surface area contributed by atoms with Crippen LogP contribution in [0.25, 0.3) is 0 Å². The van der Waals surface area contributed by atoms with E-state index in [0.29, 0.717) is 0 Å². The van der Waals surface area contributed by atoms with Gasteiger partial charge in [0, 0.05) is 13.2 Å². The second-order valence-corrected chi connectivity index (χ2v) is 1.84. The van der Waals surface area contributed by atoms with Crippen molar-refractivity contribution in [3.8, 4) is 0 Å². The summed E-state index contributed by atoms with van der Waals surface area (Å²) >= 11 is 0. The van der Waals surface area contributed by atoms with Gasteiger partial charge in [-0.15, -0.1) is 24.8 Å². The molecular formula is C5H12Cl2O2. The van der Waals surface area contributed by atoms with Crippen LogP contribution in [-0.4, -0.2) is 24.4 Å². The quantitative estimate of drug-likeness (QED) is 0.595. The molecule has 0 aromatic rings. The summed E-state index contributed by atoms with van der Waals surface area (Å²) in [6.45, 7) is 1.47. The first-order chi connectivity index (χ1) is 3.39. The van der Waals surface area contributed by atoms with E-state index < -0.39 is 0 Å². The van der Waals surface area contributed by atoms with Gasteiger partial charge in [0.15, 0.2) is 0 Å². The lowest BCUT2D eigenvalue weighted by molar-refractivity contribution is 0.0140. The van der Waals surface area contributed by atoms with Crippen molar-refractivity contribution < 1.29 is 9.84 Å². The zero-order valence-corrected chi connectivity index (χ0v) is 6.71. The van der Waals surface area contributed by atoms with Crippen LogP contribution in [0.5, 0.6) is 0 Å². The summed E-state index contributed by atoms with van der Waals surface area (Å²) in [7, 11) is 0. The minimum Gasteiger partial charge on any atom is -0.393 e. The van der Waals surface area contributed by atoms with Crippen LogP contribution in [0.4, 0.5) is 0 Å². The summed E-state index contributed by atoms with van der Waals surface area (Å²) in [5.41, 5.74) is 0. The Morgan fingerprint density at radius 1 is 1.11 bits per heavy atom. The van der Waals surface area contributed by atoms with E-state index in [1.807, 2.05) is 0 Å². The van der Waals surface area contributed by atoms with Gasteiger partial charge in [-0.3, -0.25) is 0 Å². The summed E-state index contributed by atoms with van der Waals surface area (Å²) in [5.74, 6) is 0. The second kappa shape index (κ2) is 6.62. The molecule has 0 atom stereocenters. The molecule has 0 amide bonds. The molecule has 9 heavy (non-hydrogen) atoms. The Bertz CT molecular complexity index is 54.9. The van der Waals surface area contributed by atoms with Crippen LogP contribution in [0.2, 0.25) is 0 Å². The van der Waals surface area contributed by atoms with Crippen LogP contribution >= 0.6 is 24.8 Å². The van der Waals surface area contributed by atoms with E-state index in [1.54, 1.807) is 0 Å². The molecule has 1 N–H and O–H groups in total. The normalized spacial score (nSPS) is 19.7. The SMILES string of the molecule is Cl.Cl.OC1CCOCC1. The van der Waals surface area contributed by atoms with Crippen molar-refractivity contribution >= 4 is 24.8 Å².